The summed E-state index contributed by atoms with van der Waals surface area (Å²) in [6.07, 6.45) is 2.29. The van der Waals surface area contributed by atoms with Crippen LogP contribution in [0.4, 0.5) is 0 Å². The van der Waals surface area contributed by atoms with Crippen molar-refractivity contribution in [3.8, 4) is 0 Å². The van der Waals surface area contributed by atoms with Gasteiger partial charge in [-0.05, 0) is 42.5 Å². The fraction of sp³-hybridized carbons (Fsp3) is 0.435. The second-order valence-corrected chi connectivity index (χ2v) is 7.66. The molecule has 1 aliphatic heterocycles. The Hall–Kier alpha value is -1.35. The quantitative estimate of drug-likeness (QED) is 0.291. The molecule has 1 aliphatic rings. The lowest BCUT2D eigenvalue weighted by Gasteiger charge is -2.22. The summed E-state index contributed by atoms with van der Waals surface area (Å²) >= 11 is 6.29. The van der Waals surface area contributed by atoms with Crippen LogP contribution in [0.25, 0.3) is 0 Å². The van der Waals surface area contributed by atoms with Crippen LogP contribution in [-0.2, 0) is 22.6 Å². The summed E-state index contributed by atoms with van der Waals surface area (Å²) in [6, 6.07) is 16.4. The molecule has 7 heteroatoms. The molecule has 0 amide bonds. The monoisotopic (exact) mass is 543 g/mol. The van der Waals surface area contributed by atoms with Gasteiger partial charge in [0.1, 0.15) is 0 Å². The van der Waals surface area contributed by atoms with Gasteiger partial charge in [0, 0.05) is 31.8 Å². The van der Waals surface area contributed by atoms with Gasteiger partial charge >= 0.3 is 0 Å². The SMILES string of the molecule is CN=C(NCc1ccc(COC2CCOCC2)cc1)NC(C)c1ccccc1Cl.I. The normalized spacial score (nSPS) is 15.9. The molecule has 3 rings (SSSR count). The molecule has 0 saturated carbocycles. The molecule has 0 spiro atoms. The van der Waals surface area contributed by atoms with Crippen molar-refractivity contribution in [3.05, 3.63) is 70.2 Å². The molecule has 1 unspecified atom stereocenters. The number of rotatable bonds is 7. The summed E-state index contributed by atoms with van der Waals surface area (Å²) < 4.78 is 11.4. The van der Waals surface area contributed by atoms with E-state index >= 15 is 0 Å². The fourth-order valence-corrected chi connectivity index (χ4v) is 3.60. The van der Waals surface area contributed by atoms with Crippen LogP contribution in [0.3, 0.4) is 0 Å². The van der Waals surface area contributed by atoms with Crippen LogP contribution in [0.15, 0.2) is 53.5 Å². The predicted molar refractivity (Wildman–Crippen MR) is 134 cm³/mol. The Balaban J connectivity index is 0.00000320. The summed E-state index contributed by atoms with van der Waals surface area (Å²) in [7, 11) is 1.77. The fourth-order valence-electron chi connectivity index (χ4n) is 3.30. The van der Waals surface area contributed by atoms with E-state index < -0.39 is 0 Å². The van der Waals surface area contributed by atoms with Gasteiger partial charge in [0.25, 0.3) is 0 Å². The number of nitrogens with zero attached hydrogens (tertiary/aromatic N) is 1. The minimum atomic E-state index is 0. The first-order chi connectivity index (χ1) is 14.2. The van der Waals surface area contributed by atoms with Crippen LogP contribution in [0.5, 0.6) is 0 Å². The number of hydrogen-bond acceptors (Lipinski definition) is 3. The first-order valence-corrected chi connectivity index (χ1v) is 10.5. The van der Waals surface area contributed by atoms with E-state index in [1.54, 1.807) is 7.05 Å². The molecule has 1 atom stereocenters. The highest BCUT2D eigenvalue weighted by Gasteiger charge is 2.14. The van der Waals surface area contributed by atoms with E-state index in [1.807, 2.05) is 24.3 Å². The third-order valence-corrected chi connectivity index (χ3v) is 5.43. The van der Waals surface area contributed by atoms with E-state index in [9.17, 15) is 0 Å². The van der Waals surface area contributed by atoms with E-state index in [4.69, 9.17) is 21.1 Å². The van der Waals surface area contributed by atoms with Gasteiger partial charge in [0.05, 0.1) is 18.8 Å². The molecule has 1 saturated heterocycles. The standard InChI is InChI=1S/C23H30ClN3O2.HI/c1-17(21-5-3-4-6-22(21)24)27-23(25-2)26-15-18-7-9-19(10-8-18)16-29-20-11-13-28-14-12-20;/h3-10,17,20H,11-16H2,1-2H3,(H2,25,26,27);1H. The van der Waals surface area contributed by atoms with Crippen molar-refractivity contribution >= 4 is 41.5 Å². The zero-order chi connectivity index (χ0) is 20.5. The Morgan fingerprint density at radius 1 is 1.13 bits per heavy atom. The van der Waals surface area contributed by atoms with Crippen molar-refractivity contribution in [1.82, 2.24) is 10.6 Å². The third-order valence-electron chi connectivity index (χ3n) is 5.09. The molecule has 5 nitrogen and oxygen atoms in total. The highest BCUT2D eigenvalue weighted by atomic mass is 127. The Labute approximate surface area is 201 Å². The van der Waals surface area contributed by atoms with Gasteiger partial charge in [-0.3, -0.25) is 4.99 Å². The molecule has 1 heterocycles. The first-order valence-electron chi connectivity index (χ1n) is 10.1. The summed E-state index contributed by atoms with van der Waals surface area (Å²) in [5.41, 5.74) is 3.43. The highest BCUT2D eigenvalue weighted by molar-refractivity contribution is 14.0. The lowest BCUT2D eigenvalue weighted by atomic mass is 10.1. The van der Waals surface area contributed by atoms with Crippen LogP contribution in [-0.4, -0.2) is 32.3 Å². The molecule has 164 valence electrons. The molecule has 30 heavy (non-hydrogen) atoms. The van der Waals surface area contributed by atoms with Gasteiger partial charge in [-0.15, -0.1) is 24.0 Å². The van der Waals surface area contributed by atoms with E-state index in [2.05, 4.69) is 46.8 Å². The maximum absolute atomic E-state index is 6.29. The van der Waals surface area contributed by atoms with E-state index in [1.165, 1.54) is 11.1 Å². The van der Waals surface area contributed by atoms with Gasteiger partial charge in [-0.25, -0.2) is 0 Å². The zero-order valence-electron chi connectivity index (χ0n) is 17.6. The summed E-state index contributed by atoms with van der Waals surface area (Å²) in [4.78, 5) is 4.32. The molecule has 0 aliphatic carbocycles. The van der Waals surface area contributed by atoms with E-state index in [0.29, 0.717) is 19.3 Å². The van der Waals surface area contributed by atoms with Crippen LogP contribution in [0, 0.1) is 0 Å². The molecule has 1 fully saturated rings. The lowest BCUT2D eigenvalue weighted by Crippen LogP contribution is -2.38. The second kappa shape index (κ2) is 13.1. The predicted octanol–water partition coefficient (Wildman–Crippen LogP) is 5.08. The van der Waals surface area contributed by atoms with Crippen molar-refractivity contribution in [3.63, 3.8) is 0 Å². The topological polar surface area (TPSA) is 54.9 Å². The van der Waals surface area contributed by atoms with Gasteiger partial charge in [-0.1, -0.05) is 54.1 Å². The molecular formula is C23H31ClIN3O2. The molecule has 2 aromatic carbocycles. The average Bonchev–Trinajstić information content (AvgIpc) is 2.76. The van der Waals surface area contributed by atoms with Crippen molar-refractivity contribution < 1.29 is 9.47 Å². The molecular weight excluding hydrogens is 513 g/mol. The average molecular weight is 544 g/mol. The molecule has 2 N–H and O–H groups in total. The summed E-state index contributed by atoms with van der Waals surface area (Å²) in [6.45, 7) is 5.02. The minimum Gasteiger partial charge on any atom is -0.381 e. The lowest BCUT2D eigenvalue weighted by molar-refractivity contribution is -0.0390. The largest absolute Gasteiger partial charge is 0.381 e. The number of ether oxygens (including phenoxy) is 2. The number of aliphatic imine (C=N–C) groups is 1. The van der Waals surface area contributed by atoms with Gasteiger partial charge in [0.15, 0.2) is 5.96 Å². The smallest absolute Gasteiger partial charge is 0.191 e. The van der Waals surface area contributed by atoms with E-state index in [-0.39, 0.29) is 30.0 Å². The van der Waals surface area contributed by atoms with Crippen molar-refractivity contribution in [2.45, 2.75) is 45.1 Å². The van der Waals surface area contributed by atoms with Crippen LogP contribution < -0.4 is 10.6 Å². The Morgan fingerprint density at radius 3 is 2.47 bits per heavy atom. The van der Waals surface area contributed by atoms with Crippen molar-refractivity contribution in [2.75, 3.05) is 20.3 Å². The highest BCUT2D eigenvalue weighted by Crippen LogP contribution is 2.22. The Bertz CT molecular complexity index is 795. The second-order valence-electron chi connectivity index (χ2n) is 7.25. The van der Waals surface area contributed by atoms with E-state index in [0.717, 1.165) is 42.6 Å². The number of halogens is 2. The maximum atomic E-state index is 6.29. The number of hydrogen-bond donors (Lipinski definition) is 2. The Kier molecular flexibility index (Phi) is 10.9. The number of nitrogens with one attached hydrogen (secondary N) is 2. The van der Waals surface area contributed by atoms with Crippen molar-refractivity contribution in [2.24, 2.45) is 4.99 Å². The first kappa shape index (κ1) is 24.9. The van der Waals surface area contributed by atoms with Crippen LogP contribution >= 0.6 is 35.6 Å². The molecule has 0 bridgehead atoms. The van der Waals surface area contributed by atoms with Crippen LogP contribution in [0.2, 0.25) is 5.02 Å². The maximum Gasteiger partial charge on any atom is 0.191 e. The van der Waals surface area contributed by atoms with Gasteiger partial charge in [-0.2, -0.15) is 0 Å². The zero-order valence-corrected chi connectivity index (χ0v) is 20.7. The molecule has 2 aromatic rings. The number of benzene rings is 2. The molecule has 0 radical (unpaired) electrons. The van der Waals surface area contributed by atoms with Gasteiger partial charge < -0.3 is 20.1 Å². The third kappa shape index (κ3) is 7.72. The molecule has 0 aromatic heterocycles. The summed E-state index contributed by atoms with van der Waals surface area (Å²) in [5.74, 6) is 0.740. The number of guanidine groups is 1. The van der Waals surface area contributed by atoms with Crippen LogP contribution in [0.1, 0.15) is 42.5 Å². The van der Waals surface area contributed by atoms with Crippen molar-refractivity contribution in [1.29, 1.82) is 0 Å². The summed E-state index contributed by atoms with van der Waals surface area (Å²) in [5, 5.41) is 7.50. The minimum absolute atomic E-state index is 0. The van der Waals surface area contributed by atoms with Gasteiger partial charge in [0.2, 0.25) is 0 Å². The Morgan fingerprint density at radius 2 is 1.80 bits per heavy atom.